The lowest BCUT2D eigenvalue weighted by molar-refractivity contribution is -0.114. The minimum atomic E-state index is -0.641. The highest BCUT2D eigenvalue weighted by Gasteiger charge is 2.33. The third kappa shape index (κ3) is 4.28. The maximum Gasteiger partial charge on any atom is 0.221 e. The van der Waals surface area contributed by atoms with E-state index in [0.29, 0.717) is 28.3 Å². The second-order valence-electron chi connectivity index (χ2n) is 7.18. The molecule has 1 unspecified atom stereocenters. The van der Waals surface area contributed by atoms with Crippen LogP contribution in [0.2, 0.25) is 0 Å². The van der Waals surface area contributed by atoms with Gasteiger partial charge in [-0.25, -0.2) is 0 Å². The highest BCUT2D eigenvalue weighted by Crippen LogP contribution is 2.40. The van der Waals surface area contributed by atoms with Gasteiger partial charge in [0.25, 0.3) is 0 Å². The minimum Gasteiger partial charge on any atom is -0.508 e. The number of ether oxygens (including phenoxy) is 2. The van der Waals surface area contributed by atoms with Crippen molar-refractivity contribution < 1.29 is 24.2 Å². The largest absolute Gasteiger partial charge is 0.508 e. The van der Waals surface area contributed by atoms with Crippen LogP contribution < -0.4 is 14.8 Å². The third-order valence-electron chi connectivity index (χ3n) is 4.97. The zero-order valence-corrected chi connectivity index (χ0v) is 17.1. The van der Waals surface area contributed by atoms with Crippen LogP contribution in [0.3, 0.4) is 0 Å². The number of hydrogen-bond donors (Lipinski definition) is 2. The van der Waals surface area contributed by atoms with Gasteiger partial charge in [0.2, 0.25) is 5.91 Å². The van der Waals surface area contributed by atoms with Crippen molar-refractivity contribution in [2.75, 3.05) is 12.4 Å². The van der Waals surface area contributed by atoms with Gasteiger partial charge in [-0.2, -0.15) is 0 Å². The molecule has 1 aliphatic rings. The van der Waals surface area contributed by atoms with Crippen molar-refractivity contribution in [2.45, 2.75) is 13.0 Å². The Morgan fingerprint density at radius 3 is 2.42 bits per heavy atom. The van der Waals surface area contributed by atoms with Crippen LogP contribution in [0.1, 0.15) is 34.5 Å². The molecule has 6 nitrogen and oxygen atoms in total. The Bertz CT molecular complexity index is 1160. The first-order valence-electron chi connectivity index (χ1n) is 9.72. The maximum atomic E-state index is 13.4. The monoisotopic (exact) mass is 415 g/mol. The molecule has 156 valence electrons. The number of anilines is 1. The van der Waals surface area contributed by atoms with E-state index in [0.717, 1.165) is 11.1 Å². The van der Waals surface area contributed by atoms with E-state index >= 15 is 0 Å². The minimum absolute atomic E-state index is 0.00222. The van der Waals surface area contributed by atoms with Crippen molar-refractivity contribution in [2.24, 2.45) is 0 Å². The SMILES string of the molecule is COc1ccc(C=C2C(=O)c3cc(O)ccc3OC2c2ccc(NC(C)=O)cc2)cc1. The molecule has 1 heterocycles. The van der Waals surface area contributed by atoms with Gasteiger partial charge in [0.15, 0.2) is 11.9 Å². The molecule has 2 N–H and O–H groups in total. The van der Waals surface area contributed by atoms with E-state index < -0.39 is 6.10 Å². The predicted molar refractivity (Wildman–Crippen MR) is 118 cm³/mol. The van der Waals surface area contributed by atoms with Crippen LogP contribution in [0.15, 0.2) is 72.3 Å². The Hall–Kier alpha value is -4.06. The van der Waals surface area contributed by atoms with Crippen molar-refractivity contribution in [3.05, 3.63) is 89.0 Å². The van der Waals surface area contributed by atoms with Crippen molar-refractivity contribution in [3.63, 3.8) is 0 Å². The predicted octanol–water partition coefficient (Wildman–Crippen LogP) is 4.76. The number of nitrogens with one attached hydrogen (secondary N) is 1. The smallest absolute Gasteiger partial charge is 0.221 e. The Labute approximate surface area is 179 Å². The molecule has 0 fully saturated rings. The van der Waals surface area contributed by atoms with Crippen LogP contribution in [0, 0.1) is 0 Å². The van der Waals surface area contributed by atoms with Gasteiger partial charge in [0.05, 0.1) is 12.7 Å². The van der Waals surface area contributed by atoms with Crippen molar-refractivity contribution in [1.82, 2.24) is 0 Å². The summed E-state index contributed by atoms with van der Waals surface area (Å²) in [7, 11) is 1.59. The Balaban J connectivity index is 1.77. The number of phenols is 1. The number of benzene rings is 3. The normalized spacial score (nSPS) is 16.4. The summed E-state index contributed by atoms with van der Waals surface area (Å²) in [4.78, 5) is 24.6. The summed E-state index contributed by atoms with van der Waals surface area (Å²) in [6, 6.07) is 19.0. The van der Waals surface area contributed by atoms with Gasteiger partial charge in [-0.1, -0.05) is 24.3 Å². The van der Waals surface area contributed by atoms with Crippen LogP contribution in [-0.2, 0) is 4.79 Å². The van der Waals surface area contributed by atoms with Crippen molar-refractivity contribution >= 4 is 23.5 Å². The van der Waals surface area contributed by atoms with E-state index in [1.54, 1.807) is 31.4 Å². The zero-order valence-electron chi connectivity index (χ0n) is 17.1. The van der Waals surface area contributed by atoms with Gasteiger partial charge < -0.3 is 19.9 Å². The number of hydrogen-bond acceptors (Lipinski definition) is 5. The summed E-state index contributed by atoms with van der Waals surface area (Å²) in [5.41, 5.74) is 2.99. The number of ketones is 1. The first-order valence-corrected chi connectivity index (χ1v) is 9.72. The van der Waals surface area contributed by atoms with Crippen LogP contribution in [0.4, 0.5) is 5.69 Å². The van der Waals surface area contributed by atoms with Gasteiger partial charge in [0, 0.05) is 18.2 Å². The molecule has 4 rings (SSSR count). The number of carbonyl (C=O) groups is 2. The second kappa shape index (κ2) is 8.36. The number of amides is 1. The molecule has 1 amide bonds. The van der Waals surface area contributed by atoms with Crippen molar-refractivity contribution in [1.29, 1.82) is 0 Å². The van der Waals surface area contributed by atoms with Gasteiger partial charge in [-0.05, 0) is 59.7 Å². The molecule has 1 atom stereocenters. The van der Waals surface area contributed by atoms with E-state index in [9.17, 15) is 14.7 Å². The molecule has 6 heteroatoms. The quantitative estimate of drug-likeness (QED) is 0.600. The Morgan fingerprint density at radius 1 is 1.06 bits per heavy atom. The van der Waals surface area contributed by atoms with Gasteiger partial charge in [-0.15, -0.1) is 0 Å². The highest BCUT2D eigenvalue weighted by atomic mass is 16.5. The molecular formula is C25H21NO5. The number of rotatable bonds is 4. The molecule has 3 aromatic carbocycles. The summed E-state index contributed by atoms with van der Waals surface area (Å²) in [6.45, 7) is 1.44. The number of Topliss-reactive ketones (excluding diaryl/α,β-unsaturated/α-hetero) is 1. The van der Waals surface area contributed by atoms with Crippen LogP contribution in [-0.4, -0.2) is 23.9 Å². The lowest BCUT2D eigenvalue weighted by atomic mass is 9.89. The van der Waals surface area contributed by atoms with E-state index in [4.69, 9.17) is 9.47 Å². The van der Waals surface area contributed by atoms with Crippen LogP contribution in [0.25, 0.3) is 6.08 Å². The highest BCUT2D eigenvalue weighted by molar-refractivity contribution is 6.14. The first kappa shape index (κ1) is 20.2. The van der Waals surface area contributed by atoms with E-state index in [-0.39, 0.29) is 17.4 Å². The second-order valence-corrected chi connectivity index (χ2v) is 7.18. The summed E-state index contributed by atoms with van der Waals surface area (Å²) in [6.07, 6.45) is 1.14. The number of aromatic hydroxyl groups is 1. The van der Waals surface area contributed by atoms with Gasteiger partial charge in [-0.3, -0.25) is 9.59 Å². The topological polar surface area (TPSA) is 84.9 Å². The standard InChI is InChI=1S/C25H21NO5/c1-15(27)26-18-7-5-17(6-8-18)25-22(13-16-3-10-20(30-2)11-4-16)24(29)21-14-19(28)9-12-23(21)31-25/h3-14,25,28H,1-2H3,(H,26,27). The number of methoxy groups -OCH3 is 1. The maximum absolute atomic E-state index is 13.4. The molecule has 0 spiro atoms. The van der Waals surface area contributed by atoms with E-state index in [1.165, 1.54) is 19.1 Å². The van der Waals surface area contributed by atoms with Crippen LogP contribution in [0.5, 0.6) is 17.2 Å². The van der Waals surface area contributed by atoms with E-state index in [1.807, 2.05) is 36.4 Å². The fourth-order valence-corrected chi connectivity index (χ4v) is 3.48. The van der Waals surface area contributed by atoms with Gasteiger partial charge in [0.1, 0.15) is 17.2 Å². The summed E-state index contributed by atoms with van der Waals surface area (Å²) >= 11 is 0. The average Bonchev–Trinajstić information content (AvgIpc) is 2.76. The molecule has 1 aliphatic heterocycles. The lowest BCUT2D eigenvalue weighted by Crippen LogP contribution is -2.23. The Morgan fingerprint density at radius 2 is 1.77 bits per heavy atom. The van der Waals surface area contributed by atoms with E-state index in [2.05, 4.69) is 5.32 Å². The molecule has 0 bridgehead atoms. The molecule has 0 aliphatic carbocycles. The first-order chi connectivity index (χ1) is 14.9. The average molecular weight is 415 g/mol. The molecular weight excluding hydrogens is 394 g/mol. The molecule has 3 aromatic rings. The Kier molecular flexibility index (Phi) is 5.45. The van der Waals surface area contributed by atoms with Crippen molar-refractivity contribution in [3.8, 4) is 17.2 Å². The molecule has 0 saturated heterocycles. The molecule has 0 radical (unpaired) electrons. The lowest BCUT2D eigenvalue weighted by Gasteiger charge is -2.28. The summed E-state index contributed by atoms with van der Waals surface area (Å²) in [5, 5.41) is 12.6. The fourth-order valence-electron chi connectivity index (χ4n) is 3.48. The molecule has 0 saturated carbocycles. The summed E-state index contributed by atoms with van der Waals surface area (Å²) < 4.78 is 11.4. The molecule has 0 aromatic heterocycles. The molecule has 31 heavy (non-hydrogen) atoms. The number of phenolic OH excluding ortho intramolecular Hbond substituents is 1. The van der Waals surface area contributed by atoms with Gasteiger partial charge >= 0.3 is 0 Å². The number of carbonyl (C=O) groups excluding carboxylic acids is 2. The third-order valence-corrected chi connectivity index (χ3v) is 4.97. The number of fused-ring (bicyclic) bond motifs is 1. The fraction of sp³-hybridized carbons (Fsp3) is 0.120. The zero-order chi connectivity index (χ0) is 22.0. The summed E-state index contributed by atoms with van der Waals surface area (Å²) in [5.74, 6) is 0.742. The van der Waals surface area contributed by atoms with Crippen LogP contribution >= 0.6 is 0 Å².